The van der Waals surface area contributed by atoms with E-state index in [0.717, 1.165) is 6.26 Å². The topological polar surface area (TPSA) is 136 Å². The van der Waals surface area contributed by atoms with E-state index in [-0.39, 0.29) is 28.7 Å². The van der Waals surface area contributed by atoms with Crippen LogP contribution in [0.5, 0.6) is 5.75 Å². The highest BCUT2D eigenvalue weighted by Crippen LogP contribution is 2.35. The van der Waals surface area contributed by atoms with E-state index < -0.39 is 33.3 Å². The van der Waals surface area contributed by atoms with E-state index >= 15 is 0 Å². The van der Waals surface area contributed by atoms with Gasteiger partial charge in [-0.15, -0.1) is 0 Å². The predicted octanol–water partition coefficient (Wildman–Crippen LogP) is 3.36. The zero-order chi connectivity index (χ0) is 25.1. The van der Waals surface area contributed by atoms with E-state index in [1.807, 2.05) is 0 Å². The van der Waals surface area contributed by atoms with Crippen LogP contribution in [0.25, 0.3) is 0 Å². The Morgan fingerprint density at radius 2 is 1.91 bits per heavy atom. The van der Waals surface area contributed by atoms with Crippen LogP contribution in [0.1, 0.15) is 21.5 Å². The molecule has 180 valence electrons. The first kappa shape index (κ1) is 24.8. The van der Waals surface area contributed by atoms with Crippen LogP contribution >= 0.6 is 0 Å². The molecule has 1 heterocycles. The van der Waals surface area contributed by atoms with Crippen LogP contribution in [0.15, 0.2) is 53.6 Å². The summed E-state index contributed by atoms with van der Waals surface area (Å²) in [5.74, 6) is -1.16. The maximum atomic E-state index is 13.5. The Kier molecular flexibility index (Phi) is 6.96. The number of hydrogen-bond acceptors (Lipinski definition) is 8. The van der Waals surface area contributed by atoms with Gasteiger partial charge in [0.05, 0.1) is 17.7 Å². The lowest BCUT2D eigenvalue weighted by Crippen LogP contribution is -2.15. The Hall–Kier alpha value is -3.87. The maximum absolute atomic E-state index is 13.5. The number of nitrogens with one attached hydrogen (secondary N) is 2. The Morgan fingerprint density at radius 3 is 2.53 bits per heavy atom. The highest BCUT2D eigenvalue weighted by Gasteiger charge is 2.35. The number of primary amides is 1. The monoisotopic (exact) mass is 495 g/mol. The number of alkyl halides is 3. The number of carbonyl (C=O) groups is 1. The van der Waals surface area contributed by atoms with Crippen LogP contribution < -0.4 is 21.1 Å². The summed E-state index contributed by atoms with van der Waals surface area (Å²) in [7, 11) is -2.14. The average Bonchev–Trinajstić information content (AvgIpc) is 2.76. The lowest BCUT2D eigenvalue weighted by Gasteiger charge is -2.16. The molecule has 0 fully saturated rings. The number of sulfone groups is 1. The van der Waals surface area contributed by atoms with Crippen molar-refractivity contribution in [3.05, 3.63) is 65.4 Å². The van der Waals surface area contributed by atoms with Gasteiger partial charge in [0, 0.05) is 24.6 Å². The van der Waals surface area contributed by atoms with Gasteiger partial charge in [0.15, 0.2) is 9.84 Å². The molecule has 0 aliphatic heterocycles. The van der Waals surface area contributed by atoms with Gasteiger partial charge in [-0.25, -0.2) is 13.4 Å². The molecule has 9 nitrogen and oxygen atoms in total. The van der Waals surface area contributed by atoms with Crippen LogP contribution in [0.3, 0.4) is 0 Å². The summed E-state index contributed by atoms with van der Waals surface area (Å²) in [4.78, 5) is 19.1. The normalized spacial score (nSPS) is 11.7. The number of rotatable bonds is 8. The molecule has 0 saturated heterocycles. The minimum atomic E-state index is -4.74. The first-order valence-electron chi connectivity index (χ1n) is 9.60. The van der Waals surface area contributed by atoms with Crippen molar-refractivity contribution in [2.75, 3.05) is 24.0 Å². The van der Waals surface area contributed by atoms with Crippen molar-refractivity contribution in [3.63, 3.8) is 0 Å². The summed E-state index contributed by atoms with van der Waals surface area (Å²) in [6, 6.07) is 10.0. The number of benzene rings is 2. The predicted molar refractivity (Wildman–Crippen MR) is 119 cm³/mol. The van der Waals surface area contributed by atoms with Gasteiger partial charge in [-0.2, -0.15) is 18.2 Å². The van der Waals surface area contributed by atoms with Crippen LogP contribution in [-0.2, 0) is 22.6 Å². The molecule has 1 aromatic heterocycles. The van der Waals surface area contributed by atoms with Crippen molar-refractivity contribution in [2.24, 2.45) is 5.73 Å². The summed E-state index contributed by atoms with van der Waals surface area (Å²) in [5, 5.41) is 5.35. The molecule has 0 bridgehead atoms. The molecule has 3 aromatic rings. The number of nitrogens with two attached hydrogens (primary N) is 1. The lowest BCUT2D eigenvalue weighted by atomic mass is 10.2. The number of ether oxygens (including phenoxy) is 1. The highest BCUT2D eigenvalue weighted by molar-refractivity contribution is 7.90. The van der Waals surface area contributed by atoms with Crippen molar-refractivity contribution < 1.29 is 31.1 Å². The number of halogens is 3. The number of nitrogens with zero attached hydrogens (tertiary/aromatic N) is 2. The minimum absolute atomic E-state index is 0.0411. The fourth-order valence-electron chi connectivity index (χ4n) is 2.92. The molecule has 0 unspecified atom stereocenters. The number of aromatic nitrogens is 2. The molecule has 13 heteroatoms. The lowest BCUT2D eigenvalue weighted by molar-refractivity contribution is -0.137. The molecule has 0 spiro atoms. The van der Waals surface area contributed by atoms with E-state index in [4.69, 9.17) is 10.5 Å². The van der Waals surface area contributed by atoms with E-state index in [2.05, 4.69) is 20.6 Å². The van der Waals surface area contributed by atoms with Gasteiger partial charge in [-0.1, -0.05) is 12.1 Å². The Bertz CT molecular complexity index is 1330. The van der Waals surface area contributed by atoms with E-state index in [1.165, 1.54) is 43.5 Å². The third kappa shape index (κ3) is 5.92. The number of hydrogen-bond donors (Lipinski definition) is 3. The van der Waals surface area contributed by atoms with Crippen LogP contribution in [0, 0.1) is 0 Å². The van der Waals surface area contributed by atoms with E-state index in [9.17, 15) is 26.4 Å². The molecule has 0 aliphatic rings. The molecule has 3 rings (SSSR count). The van der Waals surface area contributed by atoms with Crippen molar-refractivity contribution >= 4 is 33.2 Å². The van der Waals surface area contributed by atoms with Crippen LogP contribution in [0.2, 0.25) is 0 Å². The van der Waals surface area contributed by atoms with Crippen molar-refractivity contribution in [1.82, 2.24) is 9.97 Å². The average molecular weight is 495 g/mol. The SMILES string of the molecule is COc1cc(C(N)=O)ccc1Nc1ncc(C(F)(F)F)c(NCc2cccc(S(C)(=O)=O)c2)n1. The zero-order valence-corrected chi connectivity index (χ0v) is 18.8. The van der Waals surface area contributed by atoms with Crippen molar-refractivity contribution in [3.8, 4) is 5.75 Å². The van der Waals surface area contributed by atoms with Gasteiger partial charge in [0.1, 0.15) is 17.1 Å². The first-order chi connectivity index (χ1) is 15.9. The molecular weight excluding hydrogens is 475 g/mol. The standard InChI is InChI=1S/C21H20F3N5O4S/c1-33-17-9-13(18(25)30)6-7-16(17)28-20-27-11-15(21(22,23)24)19(29-20)26-10-12-4-3-5-14(8-12)34(2,31)32/h3-9,11H,10H2,1-2H3,(H2,25,30)(H2,26,27,28,29). The van der Waals surface area contributed by atoms with Crippen molar-refractivity contribution in [1.29, 1.82) is 0 Å². The minimum Gasteiger partial charge on any atom is -0.495 e. The summed E-state index contributed by atoms with van der Waals surface area (Å²) in [6.07, 6.45) is -3.08. The fraction of sp³-hybridized carbons (Fsp3) is 0.190. The largest absolute Gasteiger partial charge is 0.495 e. The molecular formula is C21H20F3N5O4S. The van der Waals surface area contributed by atoms with Gasteiger partial charge in [-0.05, 0) is 35.9 Å². The number of amides is 1. The summed E-state index contributed by atoms with van der Waals surface area (Å²) in [5.41, 5.74) is 5.04. The second-order valence-electron chi connectivity index (χ2n) is 7.13. The summed E-state index contributed by atoms with van der Waals surface area (Å²) >= 11 is 0. The molecule has 0 atom stereocenters. The van der Waals surface area contributed by atoms with Gasteiger partial charge >= 0.3 is 6.18 Å². The Labute approximate surface area is 193 Å². The van der Waals surface area contributed by atoms with Gasteiger partial charge in [0.25, 0.3) is 0 Å². The second kappa shape index (κ2) is 9.55. The third-order valence-electron chi connectivity index (χ3n) is 4.61. The second-order valence-corrected chi connectivity index (χ2v) is 9.15. The zero-order valence-electron chi connectivity index (χ0n) is 18.0. The molecule has 34 heavy (non-hydrogen) atoms. The van der Waals surface area contributed by atoms with Gasteiger partial charge < -0.3 is 21.1 Å². The Morgan fingerprint density at radius 1 is 1.18 bits per heavy atom. The summed E-state index contributed by atoms with van der Waals surface area (Å²) < 4.78 is 69.2. The number of anilines is 3. The summed E-state index contributed by atoms with van der Waals surface area (Å²) in [6.45, 7) is -0.125. The van der Waals surface area contributed by atoms with E-state index in [0.29, 0.717) is 17.4 Å². The number of carbonyl (C=O) groups excluding carboxylic acids is 1. The number of methoxy groups -OCH3 is 1. The first-order valence-corrected chi connectivity index (χ1v) is 11.5. The molecule has 4 N–H and O–H groups in total. The van der Waals surface area contributed by atoms with Gasteiger partial charge in [-0.3, -0.25) is 4.79 Å². The van der Waals surface area contributed by atoms with Crippen molar-refractivity contribution in [2.45, 2.75) is 17.6 Å². The van der Waals surface area contributed by atoms with Crippen LogP contribution in [0.4, 0.5) is 30.6 Å². The Balaban J connectivity index is 1.91. The quantitative estimate of drug-likeness (QED) is 0.433. The fourth-order valence-corrected chi connectivity index (χ4v) is 3.62. The smallest absolute Gasteiger partial charge is 0.421 e. The van der Waals surface area contributed by atoms with Gasteiger partial charge in [0.2, 0.25) is 11.9 Å². The maximum Gasteiger partial charge on any atom is 0.421 e. The molecule has 0 saturated carbocycles. The molecule has 0 radical (unpaired) electrons. The molecule has 0 aliphatic carbocycles. The highest BCUT2D eigenvalue weighted by atomic mass is 32.2. The molecule has 1 amide bonds. The van der Waals surface area contributed by atoms with E-state index in [1.54, 1.807) is 6.07 Å². The third-order valence-corrected chi connectivity index (χ3v) is 5.72. The van der Waals surface area contributed by atoms with Crippen LogP contribution in [-0.4, -0.2) is 37.7 Å². The molecule has 2 aromatic carbocycles.